The molecule has 1 aliphatic heterocycles. The molecule has 0 radical (unpaired) electrons. The van der Waals surface area contributed by atoms with E-state index in [0.717, 1.165) is 29.7 Å². The van der Waals surface area contributed by atoms with Gasteiger partial charge in [0.1, 0.15) is 17.3 Å². The van der Waals surface area contributed by atoms with Gasteiger partial charge in [-0.15, -0.1) is 0 Å². The van der Waals surface area contributed by atoms with Crippen molar-refractivity contribution in [1.82, 2.24) is 14.1 Å². The highest BCUT2D eigenvalue weighted by Gasteiger charge is 2.39. The largest absolute Gasteiger partial charge is 0.486 e. The van der Waals surface area contributed by atoms with Gasteiger partial charge in [0.15, 0.2) is 0 Å². The first kappa shape index (κ1) is 24.5. The number of anilines is 1. The Hall–Kier alpha value is -2.60. The molecule has 186 valence electrons. The summed E-state index contributed by atoms with van der Waals surface area (Å²) in [6.45, 7) is 2.54. The van der Waals surface area contributed by atoms with Gasteiger partial charge in [-0.25, -0.2) is 17.2 Å². The van der Waals surface area contributed by atoms with Crippen LogP contribution in [0.4, 0.5) is 18.9 Å². The normalized spacial score (nSPS) is 18.2. The van der Waals surface area contributed by atoms with Crippen LogP contribution in [-0.4, -0.2) is 67.7 Å². The molecule has 0 amide bonds. The zero-order valence-electron chi connectivity index (χ0n) is 18.8. The molecule has 2 aromatic rings. The standard InChI is InChI=1S/C22H27F3N4O4S/c1-22(3-4-22)15-33-20-19(27-6-8-28(9-7-27)34(31,32)10-2-5-23)14-26-29(21(20)30)18-12-16(24)11-17(25)13-18/h11-14H,2-10,15H2,1H3. The average Bonchev–Trinajstić information content (AvgIpc) is 3.53. The van der Waals surface area contributed by atoms with Crippen molar-refractivity contribution in [3.8, 4) is 11.4 Å². The number of piperazine rings is 1. The number of ether oxygens (including phenoxy) is 1. The maximum absolute atomic E-state index is 13.7. The lowest BCUT2D eigenvalue weighted by Crippen LogP contribution is -2.49. The topological polar surface area (TPSA) is 84.7 Å². The maximum Gasteiger partial charge on any atom is 0.316 e. The first-order chi connectivity index (χ1) is 16.1. The minimum atomic E-state index is -3.56. The quantitative estimate of drug-likeness (QED) is 0.526. The van der Waals surface area contributed by atoms with E-state index in [1.165, 1.54) is 10.5 Å². The van der Waals surface area contributed by atoms with Crippen molar-refractivity contribution in [3.63, 3.8) is 0 Å². The molecular weight excluding hydrogens is 473 g/mol. The summed E-state index contributed by atoms with van der Waals surface area (Å²) in [7, 11) is -3.56. The molecule has 1 saturated heterocycles. The number of hydrogen-bond acceptors (Lipinski definition) is 6. The van der Waals surface area contributed by atoms with Gasteiger partial charge in [-0.3, -0.25) is 9.18 Å². The van der Waals surface area contributed by atoms with E-state index in [4.69, 9.17) is 4.74 Å². The SMILES string of the molecule is CC1(COc2c(N3CCN(S(=O)(=O)CCCF)CC3)cnn(-c3cc(F)cc(F)c3)c2=O)CC1. The van der Waals surface area contributed by atoms with Crippen LogP contribution in [0.25, 0.3) is 5.69 Å². The van der Waals surface area contributed by atoms with Crippen LogP contribution in [0.1, 0.15) is 26.2 Å². The van der Waals surface area contributed by atoms with E-state index in [2.05, 4.69) is 5.10 Å². The van der Waals surface area contributed by atoms with E-state index in [9.17, 15) is 26.4 Å². The third-order valence-corrected chi connectivity index (χ3v) is 8.14. The van der Waals surface area contributed by atoms with Crippen molar-refractivity contribution in [3.05, 3.63) is 46.4 Å². The van der Waals surface area contributed by atoms with E-state index in [-0.39, 0.29) is 55.2 Å². The molecule has 1 aromatic heterocycles. The lowest BCUT2D eigenvalue weighted by Gasteiger charge is -2.35. The van der Waals surface area contributed by atoms with Crippen molar-refractivity contribution in [2.75, 3.05) is 50.1 Å². The van der Waals surface area contributed by atoms with Crippen molar-refractivity contribution in [2.45, 2.75) is 26.2 Å². The van der Waals surface area contributed by atoms with Crippen LogP contribution in [-0.2, 0) is 10.0 Å². The highest BCUT2D eigenvalue weighted by Crippen LogP contribution is 2.45. The number of rotatable bonds is 9. The number of sulfonamides is 1. The highest BCUT2D eigenvalue weighted by atomic mass is 32.2. The summed E-state index contributed by atoms with van der Waals surface area (Å²) in [4.78, 5) is 15.1. The second-order valence-corrected chi connectivity index (χ2v) is 11.1. The van der Waals surface area contributed by atoms with E-state index in [0.29, 0.717) is 18.4 Å². The molecule has 1 aromatic carbocycles. The van der Waals surface area contributed by atoms with Crippen LogP contribution in [0.2, 0.25) is 0 Å². The lowest BCUT2D eigenvalue weighted by atomic mass is 10.2. The Balaban J connectivity index is 1.62. The van der Waals surface area contributed by atoms with Crippen molar-refractivity contribution < 1.29 is 26.3 Å². The molecule has 0 atom stereocenters. The molecule has 2 heterocycles. The second kappa shape index (κ2) is 9.57. The Morgan fingerprint density at radius 3 is 2.32 bits per heavy atom. The fraction of sp³-hybridized carbons (Fsp3) is 0.545. The highest BCUT2D eigenvalue weighted by molar-refractivity contribution is 7.89. The van der Waals surface area contributed by atoms with E-state index >= 15 is 0 Å². The smallest absolute Gasteiger partial charge is 0.316 e. The minimum absolute atomic E-state index is 0.00142. The van der Waals surface area contributed by atoms with Crippen LogP contribution in [0.15, 0.2) is 29.2 Å². The molecule has 8 nitrogen and oxygen atoms in total. The number of alkyl halides is 1. The molecule has 2 aliphatic rings. The molecule has 0 N–H and O–H groups in total. The summed E-state index contributed by atoms with van der Waals surface area (Å²) >= 11 is 0. The van der Waals surface area contributed by atoms with Gasteiger partial charge < -0.3 is 9.64 Å². The van der Waals surface area contributed by atoms with Gasteiger partial charge in [0.05, 0.1) is 30.9 Å². The summed E-state index contributed by atoms with van der Waals surface area (Å²) in [5.41, 5.74) is -0.375. The fourth-order valence-corrected chi connectivity index (χ4v) is 5.26. The molecule has 0 spiro atoms. The second-order valence-electron chi connectivity index (χ2n) is 9.05. The number of hydrogen-bond donors (Lipinski definition) is 0. The number of nitrogens with zero attached hydrogens (tertiary/aromatic N) is 4. The van der Waals surface area contributed by atoms with E-state index < -0.39 is 33.9 Å². The lowest BCUT2D eigenvalue weighted by molar-refractivity contribution is 0.242. The number of halogens is 3. The predicted molar refractivity (Wildman–Crippen MR) is 121 cm³/mol. The molecule has 34 heavy (non-hydrogen) atoms. The van der Waals surface area contributed by atoms with E-state index in [1.54, 1.807) is 4.90 Å². The Morgan fingerprint density at radius 1 is 1.09 bits per heavy atom. The van der Waals surface area contributed by atoms with Crippen LogP contribution in [0.5, 0.6) is 5.75 Å². The monoisotopic (exact) mass is 500 g/mol. The number of benzene rings is 1. The molecule has 12 heteroatoms. The summed E-state index contributed by atoms with van der Waals surface area (Å²) in [6, 6.07) is 2.71. The molecule has 1 saturated carbocycles. The molecule has 1 aliphatic carbocycles. The van der Waals surface area contributed by atoms with Crippen LogP contribution in [0, 0.1) is 17.0 Å². The molecule has 0 bridgehead atoms. The maximum atomic E-state index is 13.7. The summed E-state index contributed by atoms with van der Waals surface area (Å²) in [5, 5.41) is 4.11. The van der Waals surface area contributed by atoms with Gasteiger partial charge in [-0.2, -0.15) is 14.1 Å². The van der Waals surface area contributed by atoms with Gasteiger partial charge in [-0.05, 0) is 31.4 Å². The zero-order chi connectivity index (χ0) is 24.5. The van der Waals surface area contributed by atoms with Crippen molar-refractivity contribution >= 4 is 15.7 Å². The summed E-state index contributed by atoms with van der Waals surface area (Å²) in [5.74, 6) is -1.93. The van der Waals surface area contributed by atoms with E-state index in [1.807, 2.05) is 6.92 Å². The zero-order valence-corrected chi connectivity index (χ0v) is 19.7. The van der Waals surface area contributed by atoms with Crippen LogP contribution < -0.4 is 15.2 Å². The van der Waals surface area contributed by atoms with Crippen molar-refractivity contribution in [2.24, 2.45) is 5.41 Å². The third-order valence-electron chi connectivity index (χ3n) is 6.18. The van der Waals surface area contributed by atoms with Crippen molar-refractivity contribution in [1.29, 1.82) is 0 Å². The van der Waals surface area contributed by atoms with Crippen LogP contribution in [0.3, 0.4) is 0 Å². The first-order valence-electron chi connectivity index (χ1n) is 11.1. The van der Waals surface area contributed by atoms with Gasteiger partial charge in [0.25, 0.3) is 0 Å². The number of aromatic nitrogens is 2. The molecule has 2 fully saturated rings. The summed E-state index contributed by atoms with van der Waals surface area (Å²) in [6.07, 6.45) is 3.27. The minimum Gasteiger partial charge on any atom is -0.486 e. The van der Waals surface area contributed by atoms with Crippen LogP contribution >= 0.6 is 0 Å². The van der Waals surface area contributed by atoms with Gasteiger partial charge >= 0.3 is 5.56 Å². The molecule has 4 rings (SSSR count). The Morgan fingerprint density at radius 2 is 1.74 bits per heavy atom. The van der Waals surface area contributed by atoms with Gasteiger partial charge in [0.2, 0.25) is 15.8 Å². The fourth-order valence-electron chi connectivity index (χ4n) is 3.81. The molecular formula is C22H27F3N4O4S. The Bertz CT molecular complexity index is 1190. The molecule has 0 unspecified atom stereocenters. The Labute approximate surface area is 196 Å². The first-order valence-corrected chi connectivity index (χ1v) is 12.7. The van der Waals surface area contributed by atoms with Gasteiger partial charge in [0, 0.05) is 37.7 Å². The third kappa shape index (κ3) is 5.38. The summed E-state index contributed by atoms with van der Waals surface area (Å²) < 4.78 is 72.8. The predicted octanol–water partition coefficient (Wildman–Crippen LogP) is 2.50. The Kier molecular flexibility index (Phi) is 6.90. The average molecular weight is 501 g/mol. The van der Waals surface area contributed by atoms with Gasteiger partial charge in [-0.1, -0.05) is 6.92 Å².